The number of hydrogen-bond donors (Lipinski definition) is 2. The number of nitriles is 1. The summed E-state index contributed by atoms with van der Waals surface area (Å²) in [7, 11) is 0. The van der Waals surface area contributed by atoms with Crippen molar-refractivity contribution in [2.45, 2.75) is 12.3 Å². The van der Waals surface area contributed by atoms with Gasteiger partial charge in [-0.25, -0.2) is 0 Å². The van der Waals surface area contributed by atoms with Crippen LogP contribution < -0.4 is 11.1 Å². The number of nitrogens with two attached hydrogens (primary N) is 1. The molecule has 3 N–H and O–H groups in total. The van der Waals surface area contributed by atoms with Crippen LogP contribution in [0.3, 0.4) is 0 Å². The lowest BCUT2D eigenvalue weighted by molar-refractivity contribution is -0.141. The van der Waals surface area contributed by atoms with Crippen molar-refractivity contribution in [3.8, 4) is 6.07 Å². The molecule has 0 fully saturated rings. The van der Waals surface area contributed by atoms with Gasteiger partial charge in [0.25, 0.3) is 5.91 Å². The van der Waals surface area contributed by atoms with E-state index in [4.69, 9.17) is 5.26 Å². The van der Waals surface area contributed by atoms with E-state index < -0.39 is 18.4 Å². The predicted octanol–water partition coefficient (Wildman–Crippen LogP) is -0.390. The molecule has 4 nitrogen and oxygen atoms in total. The molecule has 0 aromatic heterocycles. The van der Waals surface area contributed by atoms with Gasteiger partial charge in [-0.1, -0.05) is 0 Å². The first-order chi connectivity index (χ1) is 5.50. The summed E-state index contributed by atoms with van der Waals surface area (Å²) in [6, 6.07) is 1.76. The average Bonchev–Trinajstić information content (AvgIpc) is 1.98. The molecule has 68 valence electrons. The Morgan fingerprint density at radius 3 is 2.67 bits per heavy atom. The lowest BCUT2D eigenvalue weighted by atomic mass is 10.3. The summed E-state index contributed by atoms with van der Waals surface area (Å²) in [5, 5.41) is 10.3. The van der Waals surface area contributed by atoms with Crippen LogP contribution in [0.15, 0.2) is 0 Å². The first-order valence-electron chi connectivity index (χ1n) is 3.26. The van der Waals surface area contributed by atoms with Crippen LogP contribution >= 0.6 is 0 Å². The largest absolute Gasteiger partial charge is 0.364 e. The van der Waals surface area contributed by atoms with Crippen molar-refractivity contribution in [2.75, 3.05) is 13.1 Å². The second-order valence-corrected chi connectivity index (χ2v) is 2.15. The number of primary amides is 1. The van der Waals surface area contributed by atoms with Gasteiger partial charge in [0.05, 0.1) is 12.6 Å². The fraction of sp³-hybridized carbons (Fsp3) is 0.667. The van der Waals surface area contributed by atoms with E-state index in [2.05, 4.69) is 11.1 Å². The van der Waals surface area contributed by atoms with Crippen molar-refractivity contribution in [2.24, 2.45) is 5.73 Å². The van der Waals surface area contributed by atoms with Crippen LogP contribution in [0.4, 0.5) is 8.78 Å². The molecular weight excluding hydrogens is 168 g/mol. The molecule has 0 aliphatic carbocycles. The number of nitrogens with one attached hydrogen (secondary N) is 1. The molecule has 0 aliphatic rings. The quantitative estimate of drug-likeness (QED) is 0.561. The summed E-state index contributed by atoms with van der Waals surface area (Å²) >= 11 is 0. The second-order valence-electron chi connectivity index (χ2n) is 2.15. The highest BCUT2D eigenvalue weighted by atomic mass is 19.3. The predicted molar refractivity (Wildman–Crippen MR) is 37.2 cm³/mol. The summed E-state index contributed by atoms with van der Waals surface area (Å²) in [5.41, 5.74) is 4.39. The summed E-state index contributed by atoms with van der Waals surface area (Å²) in [4.78, 5) is 10.1. The maximum absolute atomic E-state index is 12.4. The third-order valence-corrected chi connectivity index (χ3v) is 1.12. The van der Waals surface area contributed by atoms with Gasteiger partial charge in [0, 0.05) is 13.0 Å². The molecule has 0 atom stereocenters. The van der Waals surface area contributed by atoms with Gasteiger partial charge in [-0.2, -0.15) is 14.0 Å². The molecule has 0 rings (SSSR count). The van der Waals surface area contributed by atoms with Gasteiger partial charge in [0.15, 0.2) is 0 Å². The van der Waals surface area contributed by atoms with Crippen molar-refractivity contribution in [1.29, 1.82) is 5.26 Å². The van der Waals surface area contributed by atoms with E-state index in [1.165, 1.54) is 0 Å². The number of hydrogen-bond acceptors (Lipinski definition) is 3. The van der Waals surface area contributed by atoms with Gasteiger partial charge < -0.3 is 11.1 Å². The van der Waals surface area contributed by atoms with Crippen LogP contribution in [-0.4, -0.2) is 24.9 Å². The van der Waals surface area contributed by atoms with Crippen LogP contribution in [0, 0.1) is 11.3 Å². The van der Waals surface area contributed by atoms with Crippen LogP contribution in [0.5, 0.6) is 0 Å². The molecule has 0 aliphatic heterocycles. The Balaban J connectivity index is 3.63. The minimum atomic E-state index is -3.53. The van der Waals surface area contributed by atoms with Gasteiger partial charge in [0.1, 0.15) is 0 Å². The molecule has 0 saturated carbocycles. The first-order valence-corrected chi connectivity index (χ1v) is 3.26. The second kappa shape index (κ2) is 4.62. The highest BCUT2D eigenvalue weighted by Crippen LogP contribution is 2.09. The number of carbonyl (C=O) groups is 1. The molecule has 0 aromatic carbocycles. The summed E-state index contributed by atoms with van der Waals surface area (Å²) in [6.45, 7) is -0.691. The Kier molecular flexibility index (Phi) is 4.15. The lowest BCUT2D eigenvalue weighted by Crippen LogP contribution is -2.44. The number of carbonyl (C=O) groups excluding carboxylic acids is 1. The third-order valence-electron chi connectivity index (χ3n) is 1.12. The molecule has 0 bridgehead atoms. The van der Waals surface area contributed by atoms with Crippen molar-refractivity contribution in [3.05, 3.63) is 0 Å². The van der Waals surface area contributed by atoms with Crippen LogP contribution in [0.1, 0.15) is 6.42 Å². The minimum Gasteiger partial charge on any atom is -0.364 e. The zero-order valence-corrected chi connectivity index (χ0v) is 6.31. The normalized spacial score (nSPS) is 10.8. The molecule has 0 radical (unpaired) electrons. The van der Waals surface area contributed by atoms with Gasteiger partial charge >= 0.3 is 5.92 Å². The van der Waals surface area contributed by atoms with Crippen molar-refractivity contribution >= 4 is 5.91 Å². The Hall–Kier alpha value is -1.22. The molecule has 0 heterocycles. The molecule has 0 aromatic rings. The fourth-order valence-corrected chi connectivity index (χ4v) is 0.477. The highest BCUT2D eigenvalue weighted by Gasteiger charge is 2.35. The van der Waals surface area contributed by atoms with E-state index in [0.29, 0.717) is 0 Å². The van der Waals surface area contributed by atoms with Crippen molar-refractivity contribution < 1.29 is 13.6 Å². The van der Waals surface area contributed by atoms with E-state index in [1.54, 1.807) is 6.07 Å². The number of rotatable bonds is 5. The van der Waals surface area contributed by atoms with Crippen molar-refractivity contribution in [3.63, 3.8) is 0 Å². The van der Waals surface area contributed by atoms with E-state index >= 15 is 0 Å². The molecule has 1 amide bonds. The Morgan fingerprint density at radius 1 is 1.67 bits per heavy atom. The fourth-order valence-electron chi connectivity index (χ4n) is 0.477. The summed E-state index contributed by atoms with van der Waals surface area (Å²) in [5.74, 6) is -5.19. The molecule has 0 unspecified atom stereocenters. The smallest absolute Gasteiger partial charge is 0.336 e. The maximum Gasteiger partial charge on any atom is 0.336 e. The number of nitrogens with zero attached hydrogens (tertiary/aromatic N) is 1. The SMILES string of the molecule is N#CCCNCC(F)(F)C(N)=O. The van der Waals surface area contributed by atoms with E-state index in [0.717, 1.165) is 0 Å². The van der Waals surface area contributed by atoms with Crippen molar-refractivity contribution in [1.82, 2.24) is 5.32 Å². The number of alkyl halides is 2. The topological polar surface area (TPSA) is 78.9 Å². The zero-order valence-electron chi connectivity index (χ0n) is 6.31. The molecule has 12 heavy (non-hydrogen) atoms. The Labute approximate surface area is 68.3 Å². The molecule has 6 heteroatoms. The van der Waals surface area contributed by atoms with E-state index in [9.17, 15) is 13.6 Å². The summed E-state index contributed by atoms with van der Waals surface area (Å²) in [6.07, 6.45) is 0.120. The molecule has 0 saturated heterocycles. The minimum absolute atomic E-state index is 0.120. The monoisotopic (exact) mass is 177 g/mol. The van der Waals surface area contributed by atoms with E-state index in [1.807, 2.05) is 0 Å². The maximum atomic E-state index is 12.4. The lowest BCUT2D eigenvalue weighted by Gasteiger charge is -2.11. The highest BCUT2D eigenvalue weighted by molar-refractivity contribution is 5.81. The van der Waals surface area contributed by atoms with Gasteiger partial charge in [0.2, 0.25) is 0 Å². The average molecular weight is 177 g/mol. The van der Waals surface area contributed by atoms with Crippen LogP contribution in [0.2, 0.25) is 0 Å². The van der Waals surface area contributed by atoms with Crippen LogP contribution in [0.25, 0.3) is 0 Å². The van der Waals surface area contributed by atoms with Gasteiger partial charge in [-0.3, -0.25) is 4.79 Å². The van der Waals surface area contributed by atoms with E-state index in [-0.39, 0.29) is 13.0 Å². The summed E-state index contributed by atoms with van der Waals surface area (Å²) < 4.78 is 24.7. The van der Waals surface area contributed by atoms with Gasteiger partial charge in [-0.15, -0.1) is 0 Å². The number of halogens is 2. The van der Waals surface area contributed by atoms with Gasteiger partial charge in [-0.05, 0) is 0 Å². The zero-order chi connectivity index (χ0) is 9.61. The molecular formula is C6H9F2N3O. The third kappa shape index (κ3) is 3.83. The Morgan fingerprint density at radius 2 is 2.25 bits per heavy atom. The molecule has 0 spiro atoms. The first kappa shape index (κ1) is 10.8. The Bertz CT molecular complexity index is 199. The standard InChI is InChI=1S/C6H9F2N3O/c7-6(8,5(10)12)4-11-3-1-2-9/h11H,1,3-4H2,(H2,10,12). The number of amides is 1. The van der Waals surface area contributed by atoms with Crippen LogP contribution in [-0.2, 0) is 4.79 Å².